The summed E-state index contributed by atoms with van der Waals surface area (Å²) < 4.78 is 5.99. The number of carbonyl (C=O) groups excluding carboxylic acids is 1. The average Bonchev–Trinajstić information content (AvgIpc) is 2.38. The quantitative estimate of drug-likeness (QED) is 0.762. The fourth-order valence-electron chi connectivity index (χ4n) is 2.69. The minimum atomic E-state index is -0.185. The Labute approximate surface area is 117 Å². The molecule has 0 unspecified atom stereocenters. The molecule has 0 amide bonds. The first-order valence-corrected chi connectivity index (χ1v) is 7.24. The first kappa shape index (κ1) is 13.6. The molecule has 0 bridgehead atoms. The van der Waals surface area contributed by atoms with Crippen LogP contribution in [0.2, 0.25) is 0 Å². The van der Waals surface area contributed by atoms with Gasteiger partial charge in [0, 0.05) is 15.5 Å². The number of benzene rings is 1. The van der Waals surface area contributed by atoms with Crippen LogP contribution in [0.15, 0.2) is 22.7 Å². The molecule has 0 aliphatic heterocycles. The maximum absolute atomic E-state index is 12.7. The van der Waals surface area contributed by atoms with Crippen molar-refractivity contribution in [3.05, 3.63) is 28.2 Å². The minimum Gasteiger partial charge on any atom is -0.497 e. The van der Waals surface area contributed by atoms with Gasteiger partial charge in [-0.05, 0) is 47.0 Å². The normalized spacial score (nSPS) is 18.4. The highest BCUT2D eigenvalue weighted by atomic mass is 79.9. The Hall–Kier alpha value is -0.830. The monoisotopic (exact) mass is 310 g/mol. The zero-order chi connectivity index (χ0) is 13.2. The average molecular weight is 311 g/mol. The highest BCUT2D eigenvalue weighted by molar-refractivity contribution is 9.10. The zero-order valence-electron chi connectivity index (χ0n) is 11.0. The van der Waals surface area contributed by atoms with E-state index in [9.17, 15) is 4.79 Å². The third kappa shape index (κ3) is 2.61. The van der Waals surface area contributed by atoms with E-state index in [0.717, 1.165) is 41.5 Å². The maximum Gasteiger partial charge on any atom is 0.169 e. The van der Waals surface area contributed by atoms with Crippen LogP contribution in [-0.2, 0) is 0 Å². The van der Waals surface area contributed by atoms with E-state index in [-0.39, 0.29) is 11.2 Å². The van der Waals surface area contributed by atoms with Crippen molar-refractivity contribution in [1.29, 1.82) is 0 Å². The molecule has 0 aromatic heterocycles. The number of Topliss-reactive ketones (excluding diaryl/α,β-unsaturated/α-hetero) is 1. The Morgan fingerprint density at radius 1 is 1.28 bits per heavy atom. The van der Waals surface area contributed by atoms with E-state index in [4.69, 9.17) is 4.74 Å². The summed E-state index contributed by atoms with van der Waals surface area (Å²) in [6, 6.07) is 5.58. The number of rotatable bonds is 3. The Morgan fingerprint density at radius 3 is 2.50 bits per heavy atom. The second-order valence-corrected chi connectivity index (χ2v) is 6.15. The fraction of sp³-hybridized carbons (Fsp3) is 0.533. The first-order valence-electron chi connectivity index (χ1n) is 6.45. The van der Waals surface area contributed by atoms with Crippen LogP contribution in [0.5, 0.6) is 5.75 Å². The summed E-state index contributed by atoms with van der Waals surface area (Å²) in [5.41, 5.74) is 0.593. The second kappa shape index (κ2) is 5.43. The largest absolute Gasteiger partial charge is 0.497 e. The van der Waals surface area contributed by atoms with Crippen LogP contribution in [0, 0.1) is 5.41 Å². The van der Waals surface area contributed by atoms with Crippen molar-refractivity contribution in [2.75, 3.05) is 7.11 Å². The number of hydrogen-bond acceptors (Lipinski definition) is 2. The third-order valence-electron chi connectivity index (χ3n) is 3.93. The van der Waals surface area contributed by atoms with Crippen molar-refractivity contribution in [3.63, 3.8) is 0 Å². The maximum atomic E-state index is 12.7. The summed E-state index contributed by atoms with van der Waals surface area (Å²) in [6.45, 7) is 2.10. The van der Waals surface area contributed by atoms with Crippen LogP contribution in [0.3, 0.4) is 0 Å². The van der Waals surface area contributed by atoms with Crippen LogP contribution >= 0.6 is 15.9 Å². The Morgan fingerprint density at radius 2 is 1.94 bits per heavy atom. The molecule has 1 aliphatic carbocycles. The second-order valence-electron chi connectivity index (χ2n) is 5.30. The lowest BCUT2D eigenvalue weighted by Gasteiger charge is -2.32. The van der Waals surface area contributed by atoms with Gasteiger partial charge >= 0.3 is 0 Å². The van der Waals surface area contributed by atoms with Gasteiger partial charge in [0.1, 0.15) is 5.75 Å². The van der Waals surface area contributed by atoms with Crippen molar-refractivity contribution in [2.24, 2.45) is 5.41 Å². The topological polar surface area (TPSA) is 26.3 Å². The van der Waals surface area contributed by atoms with Crippen molar-refractivity contribution in [3.8, 4) is 5.75 Å². The van der Waals surface area contributed by atoms with E-state index < -0.39 is 0 Å². The summed E-state index contributed by atoms with van der Waals surface area (Å²) >= 11 is 3.48. The van der Waals surface area contributed by atoms with E-state index in [0.29, 0.717) is 0 Å². The number of ether oxygens (including phenoxy) is 1. The molecule has 3 heteroatoms. The Balaban J connectivity index is 2.28. The smallest absolute Gasteiger partial charge is 0.169 e. The predicted octanol–water partition coefficient (Wildman–Crippen LogP) is 4.61. The Kier molecular flexibility index (Phi) is 4.10. The van der Waals surface area contributed by atoms with E-state index in [1.54, 1.807) is 7.11 Å². The van der Waals surface area contributed by atoms with E-state index in [2.05, 4.69) is 22.9 Å². The van der Waals surface area contributed by atoms with Gasteiger partial charge < -0.3 is 4.74 Å². The summed E-state index contributed by atoms with van der Waals surface area (Å²) in [7, 11) is 1.63. The fourth-order valence-corrected chi connectivity index (χ4v) is 3.23. The molecule has 1 aromatic carbocycles. The highest BCUT2D eigenvalue weighted by Gasteiger charge is 2.35. The van der Waals surface area contributed by atoms with Crippen LogP contribution in [-0.4, -0.2) is 12.9 Å². The number of methoxy groups -OCH3 is 1. The van der Waals surface area contributed by atoms with E-state index >= 15 is 0 Å². The minimum absolute atomic E-state index is 0.185. The van der Waals surface area contributed by atoms with Gasteiger partial charge in [-0.25, -0.2) is 0 Å². The van der Waals surface area contributed by atoms with Crippen molar-refractivity contribution in [2.45, 2.75) is 39.0 Å². The number of hydrogen-bond donors (Lipinski definition) is 0. The molecule has 0 heterocycles. The molecule has 0 spiro atoms. The molecule has 0 atom stereocenters. The van der Waals surface area contributed by atoms with Gasteiger partial charge in [-0.1, -0.05) is 26.2 Å². The van der Waals surface area contributed by atoms with Gasteiger partial charge in [-0.15, -0.1) is 0 Å². The third-order valence-corrected chi connectivity index (χ3v) is 4.58. The summed E-state index contributed by atoms with van der Waals surface area (Å²) in [5.74, 6) is 1.03. The molecule has 1 fully saturated rings. The molecule has 0 saturated heterocycles. The van der Waals surface area contributed by atoms with Crippen LogP contribution in [0.1, 0.15) is 49.4 Å². The van der Waals surface area contributed by atoms with Gasteiger partial charge in [-0.2, -0.15) is 0 Å². The van der Waals surface area contributed by atoms with E-state index in [1.165, 1.54) is 6.42 Å². The van der Waals surface area contributed by atoms with Crippen molar-refractivity contribution >= 4 is 21.7 Å². The molecule has 2 nitrogen and oxygen atoms in total. The standard InChI is InChI=1S/C15H19BrO2/c1-15(8-4-3-5-9-15)14(17)12-7-6-11(18-2)10-13(12)16/h6-7,10H,3-5,8-9H2,1-2H3. The summed E-state index contributed by atoms with van der Waals surface area (Å²) in [4.78, 5) is 12.7. The molecular weight excluding hydrogens is 292 g/mol. The predicted molar refractivity (Wildman–Crippen MR) is 76.2 cm³/mol. The molecular formula is C15H19BrO2. The molecule has 0 N–H and O–H groups in total. The van der Waals surface area contributed by atoms with Crippen molar-refractivity contribution in [1.82, 2.24) is 0 Å². The van der Waals surface area contributed by atoms with E-state index in [1.807, 2.05) is 18.2 Å². The van der Waals surface area contributed by atoms with Crippen LogP contribution in [0.4, 0.5) is 0 Å². The first-order chi connectivity index (χ1) is 8.57. The van der Waals surface area contributed by atoms with Gasteiger partial charge in [0.05, 0.1) is 7.11 Å². The number of ketones is 1. The molecule has 1 aliphatic rings. The lowest BCUT2D eigenvalue weighted by molar-refractivity contribution is 0.0748. The lowest BCUT2D eigenvalue weighted by atomic mass is 9.71. The lowest BCUT2D eigenvalue weighted by Crippen LogP contribution is -2.30. The van der Waals surface area contributed by atoms with Gasteiger partial charge in [0.25, 0.3) is 0 Å². The molecule has 18 heavy (non-hydrogen) atoms. The highest BCUT2D eigenvalue weighted by Crippen LogP contribution is 2.40. The Bertz CT molecular complexity index is 448. The van der Waals surface area contributed by atoms with Gasteiger partial charge in [-0.3, -0.25) is 4.79 Å². The van der Waals surface area contributed by atoms with Crippen LogP contribution < -0.4 is 4.74 Å². The molecule has 1 aromatic rings. The SMILES string of the molecule is COc1ccc(C(=O)C2(C)CCCCC2)c(Br)c1. The van der Waals surface area contributed by atoms with Crippen LogP contribution in [0.25, 0.3) is 0 Å². The number of carbonyl (C=O) groups is 1. The van der Waals surface area contributed by atoms with Gasteiger partial charge in [0.15, 0.2) is 5.78 Å². The van der Waals surface area contributed by atoms with Gasteiger partial charge in [0.2, 0.25) is 0 Å². The molecule has 0 radical (unpaired) electrons. The number of halogens is 1. The summed E-state index contributed by atoms with van der Waals surface area (Å²) in [6.07, 6.45) is 5.59. The zero-order valence-corrected chi connectivity index (χ0v) is 12.5. The molecule has 98 valence electrons. The molecule has 1 saturated carbocycles. The van der Waals surface area contributed by atoms with Crippen molar-refractivity contribution < 1.29 is 9.53 Å². The molecule has 2 rings (SSSR count). The summed E-state index contributed by atoms with van der Waals surface area (Å²) in [5, 5.41) is 0.